The minimum absolute atomic E-state index is 0.625. The molecule has 3 aromatic heterocycles. The van der Waals surface area contributed by atoms with Gasteiger partial charge in [-0.3, -0.25) is 4.98 Å². The lowest BCUT2D eigenvalue weighted by Crippen LogP contribution is -2.01. The summed E-state index contributed by atoms with van der Waals surface area (Å²) in [7, 11) is 0. The van der Waals surface area contributed by atoms with Crippen LogP contribution in [0.5, 0.6) is 0 Å². The Morgan fingerprint density at radius 1 is 1.18 bits per heavy atom. The Labute approximate surface area is 102 Å². The fourth-order valence-electron chi connectivity index (χ4n) is 1.63. The van der Waals surface area contributed by atoms with Crippen LogP contribution in [0.4, 0.5) is 5.82 Å². The smallest absolute Gasteiger partial charge is 0.127 e. The van der Waals surface area contributed by atoms with Gasteiger partial charge in [0, 0.05) is 18.5 Å². The Bertz CT molecular complexity index is 613. The Balaban J connectivity index is 2.08. The van der Waals surface area contributed by atoms with Crippen molar-refractivity contribution in [2.45, 2.75) is 0 Å². The van der Waals surface area contributed by atoms with E-state index in [4.69, 9.17) is 5.73 Å². The Morgan fingerprint density at radius 3 is 2.71 bits per heavy atom. The number of hydrogen-bond acceptors (Lipinski definition) is 4. The Morgan fingerprint density at radius 2 is 2.00 bits per heavy atom. The molecular formula is C12H10N4S. The minimum Gasteiger partial charge on any atom is -0.384 e. The maximum atomic E-state index is 5.96. The van der Waals surface area contributed by atoms with Crippen molar-refractivity contribution < 1.29 is 0 Å². The largest absolute Gasteiger partial charge is 0.384 e. The van der Waals surface area contributed by atoms with Gasteiger partial charge >= 0.3 is 0 Å². The maximum absolute atomic E-state index is 5.96. The molecule has 0 spiro atoms. The van der Waals surface area contributed by atoms with Gasteiger partial charge in [-0.1, -0.05) is 6.07 Å². The van der Waals surface area contributed by atoms with E-state index in [9.17, 15) is 0 Å². The fraction of sp³-hybridized carbons (Fsp3) is 0. The van der Waals surface area contributed by atoms with Gasteiger partial charge in [0.05, 0.1) is 10.6 Å². The van der Waals surface area contributed by atoms with E-state index in [0.717, 1.165) is 16.3 Å². The first-order valence-electron chi connectivity index (χ1n) is 5.14. The zero-order chi connectivity index (χ0) is 11.7. The molecule has 0 aromatic carbocycles. The normalized spacial score (nSPS) is 10.6. The van der Waals surface area contributed by atoms with Gasteiger partial charge in [0.2, 0.25) is 0 Å². The number of nitrogens with zero attached hydrogens (tertiary/aromatic N) is 3. The van der Waals surface area contributed by atoms with E-state index in [1.165, 1.54) is 0 Å². The molecule has 0 fully saturated rings. The average Bonchev–Trinajstić information content (AvgIpc) is 2.99. The van der Waals surface area contributed by atoms with Crippen LogP contribution in [-0.2, 0) is 0 Å². The molecule has 0 saturated heterocycles. The van der Waals surface area contributed by atoms with Crippen molar-refractivity contribution >= 4 is 17.2 Å². The molecule has 0 unspecified atom stereocenters. The van der Waals surface area contributed by atoms with E-state index in [1.54, 1.807) is 28.4 Å². The second-order valence-electron chi connectivity index (χ2n) is 3.55. The third-order valence-electron chi connectivity index (χ3n) is 2.42. The molecule has 0 amide bonds. The molecule has 0 aliphatic carbocycles. The molecule has 4 nitrogen and oxygen atoms in total. The number of anilines is 1. The highest BCUT2D eigenvalue weighted by molar-refractivity contribution is 7.13. The molecule has 0 atom stereocenters. The second-order valence-corrected chi connectivity index (χ2v) is 4.50. The summed E-state index contributed by atoms with van der Waals surface area (Å²) < 4.78 is 1.72. The van der Waals surface area contributed by atoms with Crippen LogP contribution < -0.4 is 5.73 Å². The van der Waals surface area contributed by atoms with Gasteiger partial charge in [0.1, 0.15) is 11.5 Å². The van der Waals surface area contributed by atoms with Crippen molar-refractivity contribution in [1.29, 1.82) is 0 Å². The molecule has 17 heavy (non-hydrogen) atoms. The SMILES string of the molecule is Nc1cc(-c2cccs2)nn1-c1ccncc1. The first kappa shape index (κ1) is 10.0. The number of hydrogen-bond donors (Lipinski definition) is 1. The molecule has 3 rings (SSSR count). The van der Waals surface area contributed by atoms with Crippen molar-refractivity contribution in [3.8, 4) is 16.3 Å². The predicted octanol–water partition coefficient (Wildman–Crippen LogP) is 2.58. The molecule has 0 radical (unpaired) electrons. The van der Waals surface area contributed by atoms with Gasteiger partial charge in [-0.25, -0.2) is 4.68 Å². The van der Waals surface area contributed by atoms with Gasteiger partial charge in [-0.15, -0.1) is 11.3 Å². The van der Waals surface area contributed by atoms with E-state index >= 15 is 0 Å². The van der Waals surface area contributed by atoms with E-state index in [1.807, 2.05) is 35.7 Å². The highest BCUT2D eigenvalue weighted by atomic mass is 32.1. The monoisotopic (exact) mass is 242 g/mol. The summed E-state index contributed by atoms with van der Waals surface area (Å²) in [5, 5.41) is 6.52. The highest BCUT2D eigenvalue weighted by Crippen LogP contribution is 2.26. The van der Waals surface area contributed by atoms with E-state index in [-0.39, 0.29) is 0 Å². The summed E-state index contributed by atoms with van der Waals surface area (Å²) in [6, 6.07) is 9.67. The standard InChI is InChI=1S/C12H10N4S/c13-12-8-10(11-2-1-7-17-11)15-16(12)9-3-5-14-6-4-9/h1-8H,13H2. The van der Waals surface area contributed by atoms with Gasteiger partial charge in [-0.05, 0) is 23.6 Å². The van der Waals surface area contributed by atoms with Gasteiger partial charge in [-0.2, -0.15) is 5.10 Å². The first-order valence-corrected chi connectivity index (χ1v) is 6.02. The minimum atomic E-state index is 0.625. The first-order chi connectivity index (χ1) is 8.34. The fourth-order valence-corrected chi connectivity index (χ4v) is 2.31. The number of pyridine rings is 1. The van der Waals surface area contributed by atoms with Crippen molar-refractivity contribution in [3.63, 3.8) is 0 Å². The number of thiophene rings is 1. The van der Waals surface area contributed by atoms with Crippen LogP contribution in [0.2, 0.25) is 0 Å². The molecule has 3 heterocycles. The Kier molecular flexibility index (Phi) is 2.38. The molecule has 0 aliphatic rings. The molecule has 84 valence electrons. The third kappa shape index (κ3) is 1.81. The number of rotatable bonds is 2. The average molecular weight is 242 g/mol. The summed E-state index contributed by atoms with van der Waals surface area (Å²) in [6.45, 7) is 0. The number of nitrogen functional groups attached to an aromatic ring is 1. The summed E-state index contributed by atoms with van der Waals surface area (Å²) in [5.74, 6) is 0.625. The van der Waals surface area contributed by atoms with E-state index in [0.29, 0.717) is 5.82 Å². The highest BCUT2D eigenvalue weighted by Gasteiger charge is 2.08. The van der Waals surface area contributed by atoms with Crippen LogP contribution in [0.1, 0.15) is 0 Å². The van der Waals surface area contributed by atoms with Crippen molar-refractivity contribution in [3.05, 3.63) is 48.1 Å². The van der Waals surface area contributed by atoms with E-state index in [2.05, 4.69) is 10.1 Å². The molecule has 2 N–H and O–H groups in total. The summed E-state index contributed by atoms with van der Waals surface area (Å²) in [5.41, 5.74) is 7.78. The van der Waals surface area contributed by atoms with Crippen LogP contribution in [0.15, 0.2) is 48.1 Å². The van der Waals surface area contributed by atoms with Gasteiger partial charge in [0.15, 0.2) is 0 Å². The lowest BCUT2D eigenvalue weighted by atomic mass is 10.3. The van der Waals surface area contributed by atoms with Crippen LogP contribution in [0.3, 0.4) is 0 Å². The van der Waals surface area contributed by atoms with Gasteiger partial charge < -0.3 is 5.73 Å². The molecule has 0 bridgehead atoms. The molecule has 0 saturated carbocycles. The summed E-state index contributed by atoms with van der Waals surface area (Å²) >= 11 is 1.65. The van der Waals surface area contributed by atoms with Crippen LogP contribution in [0, 0.1) is 0 Å². The van der Waals surface area contributed by atoms with Crippen LogP contribution in [0.25, 0.3) is 16.3 Å². The zero-order valence-electron chi connectivity index (χ0n) is 8.95. The lowest BCUT2D eigenvalue weighted by Gasteiger charge is -2.01. The predicted molar refractivity (Wildman–Crippen MR) is 69.1 cm³/mol. The number of aromatic nitrogens is 3. The van der Waals surface area contributed by atoms with Crippen molar-refractivity contribution in [2.24, 2.45) is 0 Å². The third-order valence-corrected chi connectivity index (χ3v) is 3.31. The van der Waals surface area contributed by atoms with E-state index < -0.39 is 0 Å². The molecule has 5 heteroatoms. The molecule has 0 aliphatic heterocycles. The maximum Gasteiger partial charge on any atom is 0.127 e. The molecule has 3 aromatic rings. The summed E-state index contributed by atoms with van der Waals surface area (Å²) in [4.78, 5) is 5.09. The van der Waals surface area contributed by atoms with Crippen molar-refractivity contribution in [2.75, 3.05) is 5.73 Å². The second kappa shape index (κ2) is 4.03. The van der Waals surface area contributed by atoms with Crippen molar-refractivity contribution in [1.82, 2.24) is 14.8 Å². The zero-order valence-corrected chi connectivity index (χ0v) is 9.76. The summed E-state index contributed by atoms with van der Waals surface area (Å²) in [6.07, 6.45) is 3.45. The number of nitrogens with two attached hydrogens (primary N) is 1. The lowest BCUT2D eigenvalue weighted by molar-refractivity contribution is 0.893. The van der Waals surface area contributed by atoms with Crippen LogP contribution in [-0.4, -0.2) is 14.8 Å². The quantitative estimate of drug-likeness (QED) is 0.751. The Hall–Kier alpha value is -2.14. The topological polar surface area (TPSA) is 56.7 Å². The molecular weight excluding hydrogens is 232 g/mol. The van der Waals surface area contributed by atoms with Gasteiger partial charge in [0.25, 0.3) is 0 Å². The van der Waals surface area contributed by atoms with Crippen LogP contribution >= 0.6 is 11.3 Å².